The Balaban J connectivity index is 1.78. The largest absolute Gasteiger partial charge is 0.302 e. The van der Waals surface area contributed by atoms with Crippen LogP contribution in [0.2, 0.25) is 0 Å². The van der Waals surface area contributed by atoms with Gasteiger partial charge in [-0.15, -0.1) is 11.8 Å². The molecule has 19 heavy (non-hydrogen) atoms. The van der Waals surface area contributed by atoms with E-state index in [1.54, 1.807) is 0 Å². The van der Waals surface area contributed by atoms with Crippen molar-refractivity contribution in [1.29, 1.82) is 0 Å². The van der Waals surface area contributed by atoms with Crippen molar-refractivity contribution in [3.8, 4) is 0 Å². The Morgan fingerprint density at radius 2 is 2.21 bits per heavy atom. The molecule has 0 saturated heterocycles. The normalized spacial score (nSPS) is 19.4. The SMILES string of the molecule is Cc1c(C(C)NC2CSc3ccccc32)cnn1C. The van der Waals surface area contributed by atoms with Gasteiger partial charge < -0.3 is 5.32 Å². The molecular weight excluding hydrogens is 254 g/mol. The fraction of sp³-hybridized carbons (Fsp3) is 0.400. The first kappa shape index (κ1) is 12.8. The van der Waals surface area contributed by atoms with Crippen LogP contribution in [0.3, 0.4) is 0 Å². The van der Waals surface area contributed by atoms with Gasteiger partial charge in [0.05, 0.1) is 6.20 Å². The Bertz CT molecular complexity index is 591. The molecule has 0 amide bonds. The van der Waals surface area contributed by atoms with Gasteiger partial charge in [0.25, 0.3) is 0 Å². The van der Waals surface area contributed by atoms with Crippen LogP contribution in [0.25, 0.3) is 0 Å². The molecule has 2 atom stereocenters. The van der Waals surface area contributed by atoms with Gasteiger partial charge in [-0.2, -0.15) is 5.10 Å². The van der Waals surface area contributed by atoms with Gasteiger partial charge in [0, 0.05) is 41.0 Å². The zero-order chi connectivity index (χ0) is 13.4. The molecule has 2 unspecified atom stereocenters. The van der Waals surface area contributed by atoms with E-state index in [1.807, 2.05) is 29.7 Å². The molecule has 0 spiro atoms. The summed E-state index contributed by atoms with van der Waals surface area (Å²) in [6.07, 6.45) is 1.97. The summed E-state index contributed by atoms with van der Waals surface area (Å²) in [5.74, 6) is 1.11. The molecule has 2 heterocycles. The van der Waals surface area contributed by atoms with Crippen molar-refractivity contribution in [3.05, 3.63) is 47.3 Å². The molecule has 0 aliphatic carbocycles. The number of nitrogens with zero attached hydrogens (tertiary/aromatic N) is 2. The van der Waals surface area contributed by atoms with Crippen LogP contribution in [0.1, 0.15) is 35.8 Å². The van der Waals surface area contributed by atoms with Crippen LogP contribution in [-0.2, 0) is 7.05 Å². The topological polar surface area (TPSA) is 29.9 Å². The van der Waals surface area contributed by atoms with Gasteiger partial charge in [-0.1, -0.05) is 18.2 Å². The van der Waals surface area contributed by atoms with Crippen molar-refractivity contribution in [2.45, 2.75) is 30.8 Å². The van der Waals surface area contributed by atoms with Gasteiger partial charge in [0.1, 0.15) is 0 Å². The number of aryl methyl sites for hydroxylation is 1. The van der Waals surface area contributed by atoms with E-state index in [4.69, 9.17) is 0 Å². The molecule has 1 N–H and O–H groups in total. The predicted molar refractivity (Wildman–Crippen MR) is 79.4 cm³/mol. The van der Waals surface area contributed by atoms with Crippen molar-refractivity contribution < 1.29 is 0 Å². The van der Waals surface area contributed by atoms with Crippen LogP contribution >= 0.6 is 11.8 Å². The maximum absolute atomic E-state index is 4.33. The van der Waals surface area contributed by atoms with Gasteiger partial charge in [-0.3, -0.25) is 4.68 Å². The number of fused-ring (bicyclic) bond motifs is 1. The van der Waals surface area contributed by atoms with Gasteiger partial charge >= 0.3 is 0 Å². The highest BCUT2D eigenvalue weighted by Gasteiger charge is 2.25. The van der Waals surface area contributed by atoms with Crippen molar-refractivity contribution in [2.75, 3.05) is 5.75 Å². The number of aromatic nitrogens is 2. The molecule has 1 aliphatic heterocycles. The third-order valence-electron chi connectivity index (χ3n) is 3.89. The van der Waals surface area contributed by atoms with Gasteiger partial charge in [-0.25, -0.2) is 0 Å². The van der Waals surface area contributed by atoms with E-state index in [9.17, 15) is 0 Å². The van der Waals surface area contributed by atoms with E-state index in [0.29, 0.717) is 12.1 Å². The average Bonchev–Trinajstić information content (AvgIpc) is 2.96. The third kappa shape index (κ3) is 2.30. The molecule has 3 nitrogen and oxygen atoms in total. The minimum Gasteiger partial charge on any atom is -0.302 e. The molecule has 0 saturated carbocycles. The minimum atomic E-state index is 0.324. The Hall–Kier alpha value is -1.26. The van der Waals surface area contributed by atoms with Gasteiger partial charge in [-0.05, 0) is 25.5 Å². The summed E-state index contributed by atoms with van der Waals surface area (Å²) in [6.45, 7) is 4.34. The first-order valence-corrected chi connectivity index (χ1v) is 7.61. The van der Waals surface area contributed by atoms with Crippen molar-refractivity contribution in [1.82, 2.24) is 15.1 Å². The maximum Gasteiger partial charge on any atom is 0.0540 e. The summed E-state index contributed by atoms with van der Waals surface area (Å²) < 4.78 is 1.94. The predicted octanol–water partition coefficient (Wildman–Crippen LogP) is 3.23. The third-order valence-corrected chi connectivity index (χ3v) is 5.07. The molecule has 100 valence electrons. The molecule has 0 radical (unpaired) electrons. The number of nitrogens with one attached hydrogen (secondary N) is 1. The summed E-state index contributed by atoms with van der Waals surface area (Å²) in [4.78, 5) is 1.41. The average molecular weight is 273 g/mol. The van der Waals surface area contributed by atoms with Crippen LogP contribution in [0.15, 0.2) is 35.4 Å². The quantitative estimate of drug-likeness (QED) is 0.931. The Morgan fingerprint density at radius 1 is 1.42 bits per heavy atom. The lowest BCUT2D eigenvalue weighted by atomic mass is 10.1. The minimum absolute atomic E-state index is 0.324. The molecule has 1 aromatic heterocycles. The molecule has 2 aromatic rings. The van der Waals surface area contributed by atoms with Crippen LogP contribution in [0.4, 0.5) is 0 Å². The fourth-order valence-electron chi connectivity index (χ4n) is 2.63. The number of benzene rings is 1. The second-order valence-electron chi connectivity index (χ2n) is 5.10. The summed E-state index contributed by atoms with van der Waals surface area (Å²) in [5, 5.41) is 8.06. The highest BCUT2D eigenvalue weighted by Crippen LogP contribution is 2.38. The molecular formula is C15H19N3S. The Morgan fingerprint density at radius 3 is 2.95 bits per heavy atom. The molecule has 0 bridgehead atoms. The lowest BCUT2D eigenvalue weighted by molar-refractivity contribution is 0.499. The van der Waals surface area contributed by atoms with E-state index >= 15 is 0 Å². The van der Waals surface area contributed by atoms with Crippen molar-refractivity contribution >= 4 is 11.8 Å². The van der Waals surface area contributed by atoms with Crippen LogP contribution in [-0.4, -0.2) is 15.5 Å². The van der Waals surface area contributed by atoms with Crippen LogP contribution in [0, 0.1) is 6.92 Å². The van der Waals surface area contributed by atoms with Crippen molar-refractivity contribution in [3.63, 3.8) is 0 Å². The first-order chi connectivity index (χ1) is 9.16. The first-order valence-electron chi connectivity index (χ1n) is 6.63. The number of thioether (sulfide) groups is 1. The van der Waals surface area contributed by atoms with Crippen molar-refractivity contribution in [2.24, 2.45) is 7.05 Å². The molecule has 1 aromatic carbocycles. The number of hydrogen-bond donors (Lipinski definition) is 1. The molecule has 1 aliphatic rings. The zero-order valence-electron chi connectivity index (χ0n) is 11.6. The standard InChI is InChI=1S/C15H19N3S/c1-10(13-8-16-18(3)11(13)2)17-14-9-19-15-7-5-4-6-12(14)15/h4-8,10,14,17H,9H2,1-3H3. The van der Waals surface area contributed by atoms with E-state index in [2.05, 4.69) is 48.5 Å². The smallest absolute Gasteiger partial charge is 0.0540 e. The maximum atomic E-state index is 4.33. The molecule has 3 rings (SSSR count). The monoisotopic (exact) mass is 273 g/mol. The zero-order valence-corrected chi connectivity index (χ0v) is 12.4. The van der Waals surface area contributed by atoms with Gasteiger partial charge in [0.15, 0.2) is 0 Å². The second-order valence-corrected chi connectivity index (χ2v) is 6.16. The van der Waals surface area contributed by atoms with E-state index in [-0.39, 0.29) is 0 Å². The lowest BCUT2D eigenvalue weighted by Gasteiger charge is -2.19. The fourth-order valence-corrected chi connectivity index (χ4v) is 3.81. The number of rotatable bonds is 3. The number of hydrogen-bond acceptors (Lipinski definition) is 3. The lowest BCUT2D eigenvalue weighted by Crippen LogP contribution is -2.24. The molecule has 0 fully saturated rings. The van der Waals surface area contributed by atoms with Crippen LogP contribution < -0.4 is 5.32 Å². The summed E-state index contributed by atoms with van der Waals surface area (Å²) in [6, 6.07) is 9.45. The van der Waals surface area contributed by atoms with Gasteiger partial charge in [0.2, 0.25) is 0 Å². The van der Waals surface area contributed by atoms with E-state index < -0.39 is 0 Å². The van der Waals surface area contributed by atoms with E-state index in [0.717, 1.165) is 5.75 Å². The highest BCUT2D eigenvalue weighted by atomic mass is 32.2. The van der Waals surface area contributed by atoms with Crippen LogP contribution in [0.5, 0.6) is 0 Å². The second kappa shape index (κ2) is 5.02. The summed E-state index contributed by atoms with van der Waals surface area (Å²) >= 11 is 1.94. The summed E-state index contributed by atoms with van der Waals surface area (Å²) in [5.41, 5.74) is 3.96. The highest BCUT2D eigenvalue weighted by molar-refractivity contribution is 7.99. The summed E-state index contributed by atoms with van der Waals surface area (Å²) in [7, 11) is 1.99. The Labute approximate surface area is 118 Å². The van der Waals surface area contributed by atoms with E-state index in [1.165, 1.54) is 21.7 Å². The Kier molecular flexibility index (Phi) is 3.37. The molecule has 4 heteroatoms.